The maximum atomic E-state index is 6.86. The number of anilines is 3. The van der Waals surface area contributed by atoms with Crippen LogP contribution in [0.25, 0.3) is 55.3 Å². The van der Waals surface area contributed by atoms with Crippen molar-refractivity contribution in [3.8, 4) is 44.9 Å². The Morgan fingerprint density at radius 3 is 1.69 bits per heavy atom. The third-order valence-electron chi connectivity index (χ3n) is 12.1. The van der Waals surface area contributed by atoms with Crippen molar-refractivity contribution in [1.29, 1.82) is 0 Å². The molecule has 1 aliphatic heterocycles. The van der Waals surface area contributed by atoms with Crippen molar-refractivity contribution < 1.29 is 9.15 Å². The molecular weight excluding hydrogens is 707 g/mol. The van der Waals surface area contributed by atoms with Gasteiger partial charge in [0.1, 0.15) is 22.7 Å². The third-order valence-corrected chi connectivity index (χ3v) is 12.1. The van der Waals surface area contributed by atoms with Gasteiger partial charge >= 0.3 is 0 Å². The molecule has 9 aromatic carbocycles. The molecule has 0 saturated heterocycles. The standard InChI is InChI=1S/C55H35NO2/c1-3-15-36(16-4-1)37-27-30-40(31-28-37)56(39-17-5-2-6-18-39)48-24-12-8-19-41(48)38-29-32-43-52(35-38)58-51-34-33-47-53(54(43)51)42-20-7-9-21-44(42)55(47)45-22-10-13-25-49(45)57-50-26-14-11-23-46(50)55/h1-35H. The zero-order valence-corrected chi connectivity index (χ0v) is 31.5. The Bertz CT molecular complexity index is 3150. The van der Waals surface area contributed by atoms with Crippen LogP contribution < -0.4 is 9.64 Å². The van der Waals surface area contributed by atoms with E-state index >= 15 is 0 Å². The van der Waals surface area contributed by atoms with Crippen molar-refractivity contribution in [1.82, 2.24) is 0 Å². The Hall–Kier alpha value is -7.62. The summed E-state index contributed by atoms with van der Waals surface area (Å²) in [5.41, 5.74) is 16.3. The van der Waals surface area contributed by atoms with Gasteiger partial charge in [-0.15, -0.1) is 0 Å². The molecule has 0 amide bonds. The molecule has 0 saturated carbocycles. The summed E-state index contributed by atoms with van der Waals surface area (Å²) >= 11 is 0. The molecule has 0 unspecified atom stereocenters. The van der Waals surface area contributed by atoms with E-state index in [0.717, 1.165) is 72.8 Å². The van der Waals surface area contributed by atoms with Crippen molar-refractivity contribution in [3.05, 3.63) is 235 Å². The van der Waals surface area contributed by atoms with E-state index in [1.165, 1.54) is 33.4 Å². The van der Waals surface area contributed by atoms with Gasteiger partial charge in [-0.25, -0.2) is 0 Å². The van der Waals surface area contributed by atoms with E-state index < -0.39 is 5.41 Å². The smallest absolute Gasteiger partial charge is 0.136 e. The highest BCUT2D eigenvalue weighted by Crippen LogP contribution is 2.63. The van der Waals surface area contributed by atoms with E-state index in [9.17, 15) is 0 Å². The van der Waals surface area contributed by atoms with Crippen molar-refractivity contribution in [2.24, 2.45) is 0 Å². The third kappa shape index (κ3) is 4.68. The lowest BCUT2D eigenvalue weighted by Gasteiger charge is -2.39. The summed E-state index contributed by atoms with van der Waals surface area (Å²) in [7, 11) is 0. The number of hydrogen-bond acceptors (Lipinski definition) is 3. The number of nitrogens with zero attached hydrogens (tertiary/aromatic N) is 1. The number of furan rings is 1. The van der Waals surface area contributed by atoms with Crippen molar-refractivity contribution in [2.75, 3.05) is 4.90 Å². The SMILES string of the molecule is c1ccc(-c2ccc(N(c3ccccc3)c3ccccc3-c3ccc4c(c3)oc3ccc5c(c34)-c3ccccc3C53c4ccccc4Oc4ccccc43)cc2)cc1. The molecule has 1 aliphatic carbocycles. The zero-order valence-electron chi connectivity index (χ0n) is 31.5. The van der Waals surface area contributed by atoms with Gasteiger partial charge in [0, 0.05) is 38.8 Å². The minimum atomic E-state index is -0.534. The highest BCUT2D eigenvalue weighted by Gasteiger charge is 2.51. The Kier molecular flexibility index (Phi) is 7.14. The van der Waals surface area contributed by atoms with E-state index in [1.54, 1.807) is 0 Å². The number of rotatable bonds is 5. The summed E-state index contributed by atoms with van der Waals surface area (Å²) in [6, 6.07) is 75.8. The van der Waals surface area contributed by atoms with Crippen LogP contribution >= 0.6 is 0 Å². The molecule has 0 radical (unpaired) electrons. The summed E-state index contributed by atoms with van der Waals surface area (Å²) in [6.07, 6.45) is 0. The first-order chi connectivity index (χ1) is 28.8. The molecule has 10 aromatic rings. The van der Waals surface area contributed by atoms with Crippen LogP contribution in [0, 0.1) is 0 Å². The lowest BCUT2D eigenvalue weighted by molar-refractivity contribution is 0.436. The predicted octanol–water partition coefficient (Wildman–Crippen LogP) is 14.9. The second kappa shape index (κ2) is 12.7. The second-order valence-corrected chi connectivity index (χ2v) is 15.2. The zero-order chi connectivity index (χ0) is 38.2. The minimum absolute atomic E-state index is 0.534. The normalized spacial score (nSPS) is 13.1. The maximum Gasteiger partial charge on any atom is 0.136 e. The molecule has 0 atom stereocenters. The average Bonchev–Trinajstić information content (AvgIpc) is 3.81. The van der Waals surface area contributed by atoms with Crippen LogP contribution in [-0.2, 0) is 5.41 Å². The fourth-order valence-electron chi connectivity index (χ4n) is 9.73. The lowest BCUT2D eigenvalue weighted by atomic mass is 9.66. The van der Waals surface area contributed by atoms with E-state index in [0.29, 0.717) is 0 Å². The number of fused-ring (bicyclic) bond motifs is 13. The van der Waals surface area contributed by atoms with Gasteiger partial charge in [0.15, 0.2) is 0 Å². The van der Waals surface area contributed by atoms with Crippen molar-refractivity contribution in [2.45, 2.75) is 5.41 Å². The van der Waals surface area contributed by atoms with E-state index in [-0.39, 0.29) is 0 Å². The maximum absolute atomic E-state index is 6.86. The molecule has 0 bridgehead atoms. The van der Waals surface area contributed by atoms with Crippen LogP contribution in [0.1, 0.15) is 22.3 Å². The molecule has 58 heavy (non-hydrogen) atoms. The fourth-order valence-corrected chi connectivity index (χ4v) is 9.73. The molecule has 1 spiro atoms. The van der Waals surface area contributed by atoms with Crippen molar-refractivity contribution in [3.63, 3.8) is 0 Å². The predicted molar refractivity (Wildman–Crippen MR) is 237 cm³/mol. The molecule has 1 aromatic heterocycles. The molecule has 12 rings (SSSR count). The lowest BCUT2D eigenvalue weighted by Crippen LogP contribution is -2.32. The largest absolute Gasteiger partial charge is 0.457 e. The molecule has 272 valence electrons. The van der Waals surface area contributed by atoms with Crippen molar-refractivity contribution >= 4 is 39.0 Å². The topological polar surface area (TPSA) is 25.6 Å². The van der Waals surface area contributed by atoms with E-state index in [1.807, 2.05) is 0 Å². The first-order valence-corrected chi connectivity index (χ1v) is 19.8. The summed E-state index contributed by atoms with van der Waals surface area (Å²) < 4.78 is 13.4. The molecule has 2 aliphatic rings. The first-order valence-electron chi connectivity index (χ1n) is 19.8. The Balaban J connectivity index is 1.04. The van der Waals surface area contributed by atoms with E-state index in [2.05, 4.69) is 217 Å². The first kappa shape index (κ1) is 32.6. The van der Waals surface area contributed by atoms with Crippen LogP contribution in [-0.4, -0.2) is 0 Å². The monoisotopic (exact) mass is 741 g/mol. The Morgan fingerprint density at radius 2 is 0.948 bits per heavy atom. The number of benzene rings is 9. The molecule has 0 fully saturated rings. The van der Waals surface area contributed by atoms with Gasteiger partial charge in [-0.2, -0.15) is 0 Å². The summed E-state index contributed by atoms with van der Waals surface area (Å²) in [4.78, 5) is 2.35. The summed E-state index contributed by atoms with van der Waals surface area (Å²) in [5.74, 6) is 1.78. The number of para-hydroxylation sites is 4. The molecule has 3 heteroatoms. The van der Waals surface area contributed by atoms with Gasteiger partial charge in [0.25, 0.3) is 0 Å². The molecule has 3 nitrogen and oxygen atoms in total. The second-order valence-electron chi connectivity index (χ2n) is 15.2. The Labute approximate surface area is 336 Å². The van der Waals surface area contributed by atoms with Crippen LogP contribution in [0.5, 0.6) is 11.5 Å². The van der Waals surface area contributed by atoms with Gasteiger partial charge in [-0.1, -0.05) is 152 Å². The fraction of sp³-hybridized carbons (Fsp3) is 0.0182. The molecule has 2 heterocycles. The van der Waals surface area contributed by atoms with Gasteiger partial charge in [-0.3, -0.25) is 0 Å². The van der Waals surface area contributed by atoms with Crippen LogP contribution in [0.2, 0.25) is 0 Å². The van der Waals surface area contributed by atoms with Crippen LogP contribution in [0.4, 0.5) is 17.1 Å². The van der Waals surface area contributed by atoms with Gasteiger partial charge in [0.05, 0.1) is 11.1 Å². The highest BCUT2D eigenvalue weighted by atomic mass is 16.5. The van der Waals surface area contributed by atoms with E-state index in [4.69, 9.17) is 9.15 Å². The quantitative estimate of drug-likeness (QED) is 0.176. The summed E-state index contributed by atoms with van der Waals surface area (Å²) in [6.45, 7) is 0. The van der Waals surface area contributed by atoms with Crippen LogP contribution in [0.15, 0.2) is 217 Å². The average molecular weight is 742 g/mol. The number of ether oxygens (including phenoxy) is 1. The van der Waals surface area contributed by atoms with Gasteiger partial charge in [0.2, 0.25) is 0 Å². The molecule has 0 N–H and O–H groups in total. The number of hydrogen-bond donors (Lipinski definition) is 0. The minimum Gasteiger partial charge on any atom is -0.457 e. The summed E-state index contributed by atoms with van der Waals surface area (Å²) in [5, 5.41) is 2.24. The van der Waals surface area contributed by atoms with Gasteiger partial charge in [-0.05, 0) is 99.6 Å². The highest BCUT2D eigenvalue weighted by molar-refractivity contribution is 6.16. The van der Waals surface area contributed by atoms with Crippen LogP contribution in [0.3, 0.4) is 0 Å². The Morgan fingerprint density at radius 1 is 0.379 bits per heavy atom. The molecular formula is C55H35NO2. The van der Waals surface area contributed by atoms with Gasteiger partial charge < -0.3 is 14.1 Å².